The van der Waals surface area contributed by atoms with E-state index in [0.29, 0.717) is 6.04 Å². The molecule has 1 aliphatic rings. The summed E-state index contributed by atoms with van der Waals surface area (Å²) >= 11 is 1.78. The monoisotopic (exact) mass is 225 g/mol. The lowest BCUT2D eigenvalue weighted by Crippen LogP contribution is -2.34. The molecule has 1 aromatic rings. The van der Waals surface area contributed by atoms with E-state index in [9.17, 15) is 0 Å². The van der Waals surface area contributed by atoms with E-state index in [4.69, 9.17) is 4.74 Å². The molecule has 15 heavy (non-hydrogen) atoms. The third-order valence-corrected chi connectivity index (χ3v) is 3.96. The summed E-state index contributed by atoms with van der Waals surface area (Å²) in [6.07, 6.45) is 2.73. The number of thiophene rings is 1. The van der Waals surface area contributed by atoms with Gasteiger partial charge in [0.15, 0.2) is 0 Å². The van der Waals surface area contributed by atoms with E-state index in [-0.39, 0.29) is 0 Å². The van der Waals surface area contributed by atoms with Crippen LogP contribution >= 0.6 is 11.3 Å². The number of hydrogen-bond acceptors (Lipinski definition) is 3. The molecule has 1 fully saturated rings. The van der Waals surface area contributed by atoms with Crippen molar-refractivity contribution in [2.75, 3.05) is 13.7 Å². The average molecular weight is 225 g/mol. The molecule has 0 radical (unpaired) electrons. The third kappa shape index (κ3) is 3.03. The molecular formula is C12H19NOS. The van der Waals surface area contributed by atoms with Gasteiger partial charge in [-0.15, -0.1) is 0 Å². The fourth-order valence-corrected chi connectivity index (χ4v) is 2.71. The van der Waals surface area contributed by atoms with Crippen LogP contribution in [0.15, 0.2) is 10.8 Å². The van der Waals surface area contributed by atoms with E-state index < -0.39 is 0 Å². The fourth-order valence-electron chi connectivity index (χ4n) is 1.85. The van der Waals surface area contributed by atoms with Gasteiger partial charge in [-0.3, -0.25) is 0 Å². The molecule has 0 amide bonds. The molecule has 0 spiro atoms. The van der Waals surface area contributed by atoms with Crippen molar-refractivity contribution in [2.24, 2.45) is 5.92 Å². The van der Waals surface area contributed by atoms with E-state index in [0.717, 1.165) is 19.1 Å². The minimum absolute atomic E-state index is 0.550. The SMILES string of the molecule is COCC(NCc1cscc1C)C1CC1. The van der Waals surface area contributed by atoms with Gasteiger partial charge in [-0.05, 0) is 47.6 Å². The highest BCUT2D eigenvalue weighted by molar-refractivity contribution is 7.08. The molecule has 2 nitrogen and oxygen atoms in total. The summed E-state index contributed by atoms with van der Waals surface area (Å²) in [5.74, 6) is 0.851. The average Bonchev–Trinajstić information content (AvgIpc) is 2.98. The van der Waals surface area contributed by atoms with E-state index in [1.54, 1.807) is 18.4 Å². The first-order chi connectivity index (χ1) is 7.31. The second-order valence-electron chi connectivity index (χ2n) is 4.36. The second-order valence-corrected chi connectivity index (χ2v) is 5.10. The summed E-state index contributed by atoms with van der Waals surface area (Å²) in [6.45, 7) is 4.00. The van der Waals surface area contributed by atoms with Crippen molar-refractivity contribution in [3.8, 4) is 0 Å². The molecule has 3 heteroatoms. The highest BCUT2D eigenvalue weighted by Gasteiger charge is 2.30. The molecule has 0 aromatic carbocycles. The van der Waals surface area contributed by atoms with Gasteiger partial charge in [0.25, 0.3) is 0 Å². The molecule has 1 unspecified atom stereocenters. The number of methoxy groups -OCH3 is 1. The van der Waals surface area contributed by atoms with Gasteiger partial charge in [-0.25, -0.2) is 0 Å². The Morgan fingerprint density at radius 1 is 1.53 bits per heavy atom. The predicted octanol–water partition coefficient (Wildman–Crippen LogP) is 2.57. The van der Waals surface area contributed by atoms with Crippen molar-refractivity contribution >= 4 is 11.3 Å². The quantitative estimate of drug-likeness (QED) is 0.803. The first kappa shape index (κ1) is 11.1. The smallest absolute Gasteiger partial charge is 0.0618 e. The third-order valence-electron chi connectivity index (χ3n) is 3.05. The minimum Gasteiger partial charge on any atom is -0.383 e. The Kier molecular flexibility index (Phi) is 3.78. The van der Waals surface area contributed by atoms with E-state index >= 15 is 0 Å². The summed E-state index contributed by atoms with van der Waals surface area (Å²) in [7, 11) is 1.78. The van der Waals surface area contributed by atoms with E-state index in [1.807, 2.05) is 0 Å². The lowest BCUT2D eigenvalue weighted by atomic mass is 10.1. The first-order valence-electron chi connectivity index (χ1n) is 5.55. The molecule has 1 aromatic heterocycles. The van der Waals surface area contributed by atoms with Crippen LogP contribution in [-0.2, 0) is 11.3 Å². The zero-order valence-electron chi connectivity index (χ0n) is 9.45. The van der Waals surface area contributed by atoms with Gasteiger partial charge in [0.05, 0.1) is 6.61 Å². The van der Waals surface area contributed by atoms with E-state index in [1.165, 1.54) is 24.0 Å². The molecular weight excluding hydrogens is 206 g/mol. The van der Waals surface area contributed by atoms with Gasteiger partial charge < -0.3 is 10.1 Å². The lowest BCUT2D eigenvalue weighted by molar-refractivity contribution is 0.157. The van der Waals surface area contributed by atoms with Crippen LogP contribution in [0.3, 0.4) is 0 Å². The lowest BCUT2D eigenvalue weighted by Gasteiger charge is -2.17. The van der Waals surface area contributed by atoms with Gasteiger partial charge in [-0.1, -0.05) is 0 Å². The molecule has 0 saturated heterocycles. The summed E-state index contributed by atoms with van der Waals surface area (Å²) in [5, 5.41) is 8.05. The first-order valence-corrected chi connectivity index (χ1v) is 6.49. The van der Waals surface area contributed by atoms with E-state index in [2.05, 4.69) is 23.0 Å². The van der Waals surface area contributed by atoms with Crippen LogP contribution in [0.2, 0.25) is 0 Å². The van der Waals surface area contributed by atoms with Gasteiger partial charge in [0, 0.05) is 19.7 Å². The Labute approximate surface area is 95.6 Å². The van der Waals surface area contributed by atoms with Crippen LogP contribution in [0, 0.1) is 12.8 Å². The number of nitrogens with one attached hydrogen (secondary N) is 1. The van der Waals surface area contributed by atoms with Crippen LogP contribution in [0.4, 0.5) is 0 Å². The van der Waals surface area contributed by atoms with Crippen molar-refractivity contribution in [1.29, 1.82) is 0 Å². The van der Waals surface area contributed by atoms with Gasteiger partial charge >= 0.3 is 0 Å². The minimum atomic E-state index is 0.550. The summed E-state index contributed by atoms with van der Waals surface area (Å²) in [4.78, 5) is 0. The molecule has 1 saturated carbocycles. The number of aryl methyl sites for hydroxylation is 1. The maximum atomic E-state index is 5.25. The van der Waals surface area contributed by atoms with Crippen LogP contribution in [0.5, 0.6) is 0 Å². The van der Waals surface area contributed by atoms with Crippen LogP contribution in [-0.4, -0.2) is 19.8 Å². The molecule has 1 aliphatic carbocycles. The zero-order valence-corrected chi connectivity index (χ0v) is 10.3. The van der Waals surface area contributed by atoms with Crippen LogP contribution < -0.4 is 5.32 Å². The largest absolute Gasteiger partial charge is 0.383 e. The molecule has 1 N–H and O–H groups in total. The van der Waals surface area contributed by atoms with Crippen LogP contribution in [0.1, 0.15) is 24.0 Å². The molecule has 1 heterocycles. The summed E-state index contributed by atoms with van der Waals surface area (Å²) in [6, 6.07) is 0.550. The molecule has 2 rings (SSSR count). The standard InChI is InChI=1S/C12H19NOS/c1-9-7-15-8-11(9)5-13-12(6-14-2)10-3-4-10/h7-8,10,12-13H,3-6H2,1-2H3. The normalized spacial score (nSPS) is 18.0. The van der Waals surface area contributed by atoms with Gasteiger partial charge in [0.2, 0.25) is 0 Å². The van der Waals surface area contributed by atoms with Crippen molar-refractivity contribution in [1.82, 2.24) is 5.32 Å². The van der Waals surface area contributed by atoms with Crippen molar-refractivity contribution in [3.63, 3.8) is 0 Å². The van der Waals surface area contributed by atoms with Crippen LogP contribution in [0.25, 0.3) is 0 Å². The Morgan fingerprint density at radius 3 is 2.87 bits per heavy atom. The Hall–Kier alpha value is -0.380. The maximum absolute atomic E-state index is 5.25. The maximum Gasteiger partial charge on any atom is 0.0618 e. The Morgan fingerprint density at radius 2 is 2.33 bits per heavy atom. The molecule has 0 aliphatic heterocycles. The Balaban J connectivity index is 1.82. The predicted molar refractivity (Wildman–Crippen MR) is 64.3 cm³/mol. The zero-order chi connectivity index (χ0) is 10.7. The Bertz CT molecular complexity index is 306. The van der Waals surface area contributed by atoms with Crippen molar-refractivity contribution in [2.45, 2.75) is 32.4 Å². The van der Waals surface area contributed by atoms with Crippen molar-refractivity contribution in [3.05, 3.63) is 21.9 Å². The van der Waals surface area contributed by atoms with Gasteiger partial charge in [-0.2, -0.15) is 11.3 Å². The highest BCUT2D eigenvalue weighted by Crippen LogP contribution is 2.33. The number of ether oxygens (including phenoxy) is 1. The number of rotatable bonds is 6. The van der Waals surface area contributed by atoms with Gasteiger partial charge in [0.1, 0.15) is 0 Å². The summed E-state index contributed by atoms with van der Waals surface area (Å²) in [5.41, 5.74) is 2.83. The highest BCUT2D eigenvalue weighted by atomic mass is 32.1. The van der Waals surface area contributed by atoms with Crippen molar-refractivity contribution < 1.29 is 4.74 Å². The molecule has 1 atom stereocenters. The molecule has 0 bridgehead atoms. The number of hydrogen-bond donors (Lipinski definition) is 1. The second kappa shape index (κ2) is 5.10. The molecule has 84 valence electrons. The fraction of sp³-hybridized carbons (Fsp3) is 0.667. The summed E-state index contributed by atoms with van der Waals surface area (Å²) < 4.78 is 5.25. The topological polar surface area (TPSA) is 21.3 Å².